The third-order valence-electron chi connectivity index (χ3n) is 3.99. The second kappa shape index (κ2) is 7.27. The molecule has 2 aromatic rings. The molecule has 1 aliphatic heterocycles. The Hall–Kier alpha value is -1.66. The maximum absolute atomic E-state index is 12.5. The number of nitrogens with zero attached hydrogens (tertiary/aromatic N) is 3. The minimum Gasteiger partial charge on any atom is -0.444 e. The molecule has 2 aromatic heterocycles. The first-order valence-electron chi connectivity index (χ1n) is 7.81. The summed E-state index contributed by atoms with van der Waals surface area (Å²) in [5.74, 6) is 0.358. The van der Waals surface area contributed by atoms with Gasteiger partial charge in [0.05, 0.1) is 5.69 Å². The first-order valence-corrected chi connectivity index (χ1v) is 8.60. The number of halogens is 1. The lowest BCUT2D eigenvalue weighted by molar-refractivity contribution is 0.0727. The molecule has 0 radical (unpaired) electrons. The van der Waals surface area contributed by atoms with E-state index < -0.39 is 0 Å². The molecule has 122 valence electrons. The highest BCUT2D eigenvalue weighted by molar-refractivity contribution is 9.10. The molecule has 0 aliphatic carbocycles. The molecule has 5 nitrogen and oxygen atoms in total. The monoisotopic (exact) mass is 377 g/mol. The second-order valence-corrected chi connectivity index (χ2v) is 6.58. The van der Waals surface area contributed by atoms with Gasteiger partial charge in [-0.15, -0.1) is 0 Å². The lowest BCUT2D eigenvalue weighted by Gasteiger charge is -2.21. The summed E-state index contributed by atoms with van der Waals surface area (Å²) in [6, 6.07) is 9.57. The van der Waals surface area contributed by atoms with Gasteiger partial charge >= 0.3 is 0 Å². The fourth-order valence-electron chi connectivity index (χ4n) is 2.83. The molecule has 3 heterocycles. The summed E-state index contributed by atoms with van der Waals surface area (Å²) in [5, 5.41) is 0. The first kappa shape index (κ1) is 16.2. The van der Waals surface area contributed by atoms with Gasteiger partial charge in [-0.1, -0.05) is 6.07 Å². The van der Waals surface area contributed by atoms with E-state index in [4.69, 9.17) is 4.42 Å². The number of rotatable bonds is 3. The third kappa shape index (κ3) is 4.20. The van der Waals surface area contributed by atoms with Crippen LogP contribution in [-0.4, -0.2) is 46.9 Å². The van der Waals surface area contributed by atoms with E-state index in [0.29, 0.717) is 17.0 Å². The molecule has 0 aromatic carbocycles. The van der Waals surface area contributed by atoms with E-state index in [2.05, 4.69) is 31.9 Å². The molecular weight excluding hydrogens is 358 g/mol. The van der Waals surface area contributed by atoms with Crippen molar-refractivity contribution in [3.8, 4) is 0 Å². The quantitative estimate of drug-likeness (QED) is 0.824. The van der Waals surface area contributed by atoms with Crippen LogP contribution in [0.3, 0.4) is 0 Å². The van der Waals surface area contributed by atoms with E-state index in [1.54, 1.807) is 12.1 Å². The molecule has 23 heavy (non-hydrogen) atoms. The van der Waals surface area contributed by atoms with Crippen LogP contribution in [0.25, 0.3) is 0 Å². The molecular formula is C17H20BrN3O2. The number of pyridine rings is 1. The normalized spacial score (nSPS) is 16.3. The standard InChI is InChI=1S/C17H20BrN3O2/c1-13-4-2-5-14(19-13)12-20-8-3-9-21(11-10-20)17(22)15-6-7-16(18)23-15/h2,4-7H,3,8-12H2,1H3. The Labute approximate surface area is 144 Å². The Bertz CT molecular complexity index is 686. The van der Waals surface area contributed by atoms with Gasteiger partial charge < -0.3 is 9.32 Å². The molecule has 6 heteroatoms. The molecule has 0 bridgehead atoms. The summed E-state index contributed by atoms with van der Waals surface area (Å²) >= 11 is 3.24. The smallest absolute Gasteiger partial charge is 0.289 e. The zero-order chi connectivity index (χ0) is 16.2. The van der Waals surface area contributed by atoms with Gasteiger partial charge in [0.15, 0.2) is 10.4 Å². The molecule has 1 aliphatic rings. The molecule has 0 atom stereocenters. The number of furan rings is 1. The molecule has 0 spiro atoms. The van der Waals surface area contributed by atoms with E-state index in [0.717, 1.165) is 44.0 Å². The molecule has 1 saturated heterocycles. The highest BCUT2D eigenvalue weighted by Crippen LogP contribution is 2.17. The van der Waals surface area contributed by atoms with Crippen LogP contribution in [0.15, 0.2) is 39.4 Å². The van der Waals surface area contributed by atoms with Crippen molar-refractivity contribution in [2.24, 2.45) is 0 Å². The Kier molecular flexibility index (Phi) is 5.13. The van der Waals surface area contributed by atoms with Gasteiger partial charge in [-0.2, -0.15) is 0 Å². The van der Waals surface area contributed by atoms with Crippen molar-refractivity contribution in [3.05, 3.63) is 52.1 Å². The van der Waals surface area contributed by atoms with Crippen molar-refractivity contribution < 1.29 is 9.21 Å². The van der Waals surface area contributed by atoms with Gasteiger partial charge in [-0.3, -0.25) is 14.7 Å². The lowest BCUT2D eigenvalue weighted by atomic mass is 10.3. The van der Waals surface area contributed by atoms with Crippen molar-refractivity contribution in [1.29, 1.82) is 0 Å². The van der Waals surface area contributed by atoms with Crippen LogP contribution in [-0.2, 0) is 6.54 Å². The summed E-state index contributed by atoms with van der Waals surface area (Å²) in [6.45, 7) is 6.13. The summed E-state index contributed by atoms with van der Waals surface area (Å²) in [5.41, 5.74) is 2.12. The van der Waals surface area contributed by atoms with Crippen LogP contribution in [0, 0.1) is 6.92 Å². The number of amides is 1. The number of hydrogen-bond acceptors (Lipinski definition) is 4. The number of aryl methyl sites for hydroxylation is 1. The van der Waals surface area contributed by atoms with Crippen LogP contribution >= 0.6 is 15.9 Å². The Morgan fingerprint density at radius 2 is 2.09 bits per heavy atom. The van der Waals surface area contributed by atoms with Crippen molar-refractivity contribution >= 4 is 21.8 Å². The van der Waals surface area contributed by atoms with Crippen LogP contribution < -0.4 is 0 Å². The minimum atomic E-state index is -0.0359. The predicted molar refractivity (Wildman–Crippen MR) is 91.2 cm³/mol. The maximum atomic E-state index is 12.5. The van der Waals surface area contributed by atoms with Gasteiger partial charge in [0.1, 0.15) is 0 Å². The van der Waals surface area contributed by atoms with Gasteiger partial charge in [0.25, 0.3) is 5.91 Å². The largest absolute Gasteiger partial charge is 0.444 e. The Balaban J connectivity index is 1.60. The highest BCUT2D eigenvalue weighted by Gasteiger charge is 2.22. The van der Waals surface area contributed by atoms with Crippen molar-refractivity contribution in [3.63, 3.8) is 0 Å². The fourth-order valence-corrected chi connectivity index (χ4v) is 3.14. The van der Waals surface area contributed by atoms with Gasteiger partial charge in [-0.25, -0.2) is 0 Å². The van der Waals surface area contributed by atoms with E-state index in [1.165, 1.54) is 0 Å². The second-order valence-electron chi connectivity index (χ2n) is 5.80. The lowest BCUT2D eigenvalue weighted by Crippen LogP contribution is -2.35. The van der Waals surface area contributed by atoms with Crippen molar-refractivity contribution in [1.82, 2.24) is 14.8 Å². The van der Waals surface area contributed by atoms with E-state index >= 15 is 0 Å². The van der Waals surface area contributed by atoms with E-state index in [-0.39, 0.29) is 5.91 Å². The molecule has 1 amide bonds. The number of carbonyl (C=O) groups excluding carboxylic acids is 1. The van der Waals surface area contributed by atoms with Crippen LogP contribution in [0.2, 0.25) is 0 Å². The van der Waals surface area contributed by atoms with E-state index in [1.807, 2.05) is 24.0 Å². The first-order chi connectivity index (χ1) is 11.1. The fraction of sp³-hybridized carbons (Fsp3) is 0.412. The highest BCUT2D eigenvalue weighted by atomic mass is 79.9. The predicted octanol–water partition coefficient (Wildman–Crippen LogP) is 3.09. The van der Waals surface area contributed by atoms with Crippen molar-refractivity contribution in [2.75, 3.05) is 26.2 Å². The number of hydrogen-bond donors (Lipinski definition) is 0. The van der Waals surface area contributed by atoms with Crippen molar-refractivity contribution in [2.45, 2.75) is 19.9 Å². The molecule has 1 fully saturated rings. The van der Waals surface area contributed by atoms with Gasteiger partial charge in [0.2, 0.25) is 0 Å². The summed E-state index contributed by atoms with van der Waals surface area (Å²) in [6.07, 6.45) is 0.958. The molecule has 0 N–H and O–H groups in total. The zero-order valence-corrected chi connectivity index (χ0v) is 14.8. The van der Waals surface area contributed by atoms with Crippen LogP contribution in [0.5, 0.6) is 0 Å². The SMILES string of the molecule is Cc1cccc(CN2CCCN(C(=O)c3ccc(Br)o3)CC2)n1. The van der Waals surface area contributed by atoms with Crippen LogP contribution in [0.4, 0.5) is 0 Å². The Morgan fingerprint density at radius 1 is 1.22 bits per heavy atom. The summed E-state index contributed by atoms with van der Waals surface area (Å²) in [7, 11) is 0. The topological polar surface area (TPSA) is 49.6 Å². The molecule has 3 rings (SSSR count). The number of aromatic nitrogens is 1. The third-order valence-corrected chi connectivity index (χ3v) is 4.42. The van der Waals surface area contributed by atoms with Gasteiger partial charge in [-0.05, 0) is 53.5 Å². The minimum absolute atomic E-state index is 0.0359. The summed E-state index contributed by atoms with van der Waals surface area (Å²) < 4.78 is 5.96. The summed E-state index contributed by atoms with van der Waals surface area (Å²) in [4.78, 5) is 21.2. The maximum Gasteiger partial charge on any atom is 0.289 e. The van der Waals surface area contributed by atoms with Gasteiger partial charge in [0, 0.05) is 38.4 Å². The molecule has 0 saturated carbocycles. The zero-order valence-electron chi connectivity index (χ0n) is 13.2. The van der Waals surface area contributed by atoms with Crippen LogP contribution in [0.1, 0.15) is 28.4 Å². The van der Waals surface area contributed by atoms with E-state index in [9.17, 15) is 4.79 Å². The average molecular weight is 378 g/mol. The Morgan fingerprint density at radius 3 is 2.83 bits per heavy atom. The molecule has 0 unspecified atom stereocenters. The number of carbonyl (C=O) groups is 1. The average Bonchev–Trinajstić information content (AvgIpc) is 2.82.